The van der Waals surface area contributed by atoms with E-state index < -0.39 is 0 Å². The number of carbonyl (C=O) groups is 2. The van der Waals surface area contributed by atoms with Gasteiger partial charge in [-0.2, -0.15) is 0 Å². The summed E-state index contributed by atoms with van der Waals surface area (Å²) >= 11 is 6.75. The minimum Gasteiger partial charge on any atom is -0.496 e. The van der Waals surface area contributed by atoms with E-state index in [1.54, 1.807) is 24.1 Å². The molecule has 322 valence electrons. The van der Waals surface area contributed by atoms with Crippen molar-refractivity contribution in [3.63, 3.8) is 0 Å². The number of methoxy groups -OCH3 is 2. The van der Waals surface area contributed by atoms with E-state index in [9.17, 15) is 9.59 Å². The van der Waals surface area contributed by atoms with Crippen molar-refractivity contribution in [2.24, 2.45) is 7.05 Å². The van der Waals surface area contributed by atoms with Crippen molar-refractivity contribution in [2.75, 3.05) is 59.0 Å². The average molecular weight is 855 g/mol. The third-order valence-corrected chi connectivity index (χ3v) is 12.1. The molecule has 2 amide bonds. The Morgan fingerprint density at radius 3 is 2.13 bits per heavy atom. The van der Waals surface area contributed by atoms with E-state index in [2.05, 4.69) is 24.1 Å². The lowest BCUT2D eigenvalue weighted by molar-refractivity contribution is 0.0503. The zero-order valence-corrected chi connectivity index (χ0v) is 37.2. The predicted octanol–water partition coefficient (Wildman–Crippen LogP) is 9.55. The van der Waals surface area contributed by atoms with Gasteiger partial charge in [0, 0.05) is 55.9 Å². The summed E-state index contributed by atoms with van der Waals surface area (Å²) in [6.45, 7) is 9.76. The molecule has 6 aromatic rings. The molecule has 3 heterocycles. The van der Waals surface area contributed by atoms with Crippen molar-refractivity contribution in [1.29, 1.82) is 0 Å². The number of aromatic nitrogens is 1. The molecule has 2 aliphatic rings. The van der Waals surface area contributed by atoms with Crippen LogP contribution in [0, 0.1) is 13.8 Å². The van der Waals surface area contributed by atoms with Gasteiger partial charge in [0.25, 0.3) is 11.8 Å². The number of rotatable bonds is 11. The standard InChI is InChI=1S/C46H44ClN3O5.C5H11NO/c1-30-34(16-11-17-43(30)53-4)28-50(36-18-20-37(21-19-36)55-29-32-12-7-6-8-13-32)46(52)38-25-42(48(3)31(38)2)39-24-41(47)44(54-5)26-40(39)45(51)49-23-22-33-14-9-10-15-35(33)27-49;1-6-2-4-7-5-3-6/h6-21,24-26H,22-23,27-29H2,1-5H3;2-5H2,1H3. The first-order valence-corrected chi connectivity index (χ1v) is 21.3. The van der Waals surface area contributed by atoms with Gasteiger partial charge in [0.2, 0.25) is 0 Å². The Kier molecular flexibility index (Phi) is 14.3. The van der Waals surface area contributed by atoms with Crippen molar-refractivity contribution in [3.05, 3.63) is 165 Å². The molecule has 0 N–H and O–H groups in total. The van der Waals surface area contributed by atoms with Gasteiger partial charge in [-0.3, -0.25) is 9.59 Å². The first-order chi connectivity index (χ1) is 30.1. The summed E-state index contributed by atoms with van der Waals surface area (Å²) in [6.07, 6.45) is 0.770. The number of amides is 2. The largest absolute Gasteiger partial charge is 0.496 e. The SMILES string of the molecule is CN1CCOCC1.COc1cc(C(=O)N2CCc3ccccc3C2)c(-c2cc(C(=O)N(Cc3cccc(OC)c3C)c3ccc(OCc4ccccc4)cc3)c(C)n2C)cc1Cl. The molecule has 0 bridgehead atoms. The number of hydrogen-bond donors (Lipinski definition) is 0. The molecule has 0 aliphatic carbocycles. The number of nitrogens with zero attached hydrogens (tertiary/aromatic N) is 4. The number of anilines is 1. The van der Waals surface area contributed by atoms with Gasteiger partial charge in [-0.15, -0.1) is 0 Å². The van der Waals surface area contributed by atoms with Gasteiger partial charge in [0.15, 0.2) is 0 Å². The number of fused-ring (bicyclic) bond motifs is 1. The van der Waals surface area contributed by atoms with Gasteiger partial charge in [0.1, 0.15) is 23.9 Å². The lowest BCUT2D eigenvalue weighted by atomic mass is 9.97. The third-order valence-electron chi connectivity index (χ3n) is 11.8. The minimum absolute atomic E-state index is 0.129. The van der Waals surface area contributed by atoms with Gasteiger partial charge in [-0.05, 0) is 104 Å². The van der Waals surface area contributed by atoms with Gasteiger partial charge in [0.05, 0.1) is 50.1 Å². The van der Waals surface area contributed by atoms with Crippen LogP contribution in [-0.4, -0.2) is 80.3 Å². The Bertz CT molecular complexity index is 2500. The van der Waals surface area contributed by atoms with Gasteiger partial charge < -0.3 is 38.2 Å². The lowest BCUT2D eigenvalue weighted by Gasteiger charge is -2.29. The van der Waals surface area contributed by atoms with Crippen LogP contribution in [0.4, 0.5) is 5.69 Å². The Morgan fingerprint density at radius 1 is 0.758 bits per heavy atom. The Labute approximate surface area is 370 Å². The molecule has 8 rings (SSSR count). The summed E-state index contributed by atoms with van der Waals surface area (Å²) < 4.78 is 24.3. The van der Waals surface area contributed by atoms with E-state index in [1.165, 1.54) is 12.7 Å². The van der Waals surface area contributed by atoms with E-state index >= 15 is 0 Å². The minimum atomic E-state index is -0.195. The molecule has 0 saturated carbocycles. The van der Waals surface area contributed by atoms with Crippen molar-refractivity contribution in [1.82, 2.24) is 14.4 Å². The molecule has 0 spiro atoms. The maximum absolute atomic E-state index is 14.9. The summed E-state index contributed by atoms with van der Waals surface area (Å²) in [4.78, 5) is 35.2. The van der Waals surface area contributed by atoms with E-state index in [-0.39, 0.29) is 11.8 Å². The first kappa shape index (κ1) is 44.0. The highest BCUT2D eigenvalue weighted by Crippen LogP contribution is 2.38. The van der Waals surface area contributed by atoms with Crippen LogP contribution in [0.1, 0.15) is 54.2 Å². The van der Waals surface area contributed by atoms with Gasteiger partial charge in [-0.25, -0.2) is 0 Å². The molecular formula is C51H55ClN4O6. The quantitative estimate of drug-likeness (QED) is 0.128. The molecule has 0 radical (unpaired) electrons. The van der Waals surface area contributed by atoms with Crippen molar-refractivity contribution < 1.29 is 28.5 Å². The van der Waals surface area contributed by atoms with Crippen LogP contribution in [-0.2, 0) is 37.9 Å². The van der Waals surface area contributed by atoms with Crippen LogP contribution in [0.25, 0.3) is 11.3 Å². The number of likely N-dealkylation sites (N-methyl/N-ethyl adjacent to an activating group) is 1. The van der Waals surface area contributed by atoms with Crippen LogP contribution in [0.15, 0.2) is 115 Å². The second kappa shape index (κ2) is 20.2. The Hall–Kier alpha value is -6.07. The molecule has 10 nitrogen and oxygen atoms in total. The fraction of sp³-hybridized carbons (Fsp3) is 0.294. The smallest absolute Gasteiger partial charge is 0.260 e. The van der Waals surface area contributed by atoms with Crippen molar-refractivity contribution in [3.8, 4) is 28.5 Å². The number of benzene rings is 5. The number of ether oxygens (including phenoxy) is 4. The molecule has 1 saturated heterocycles. The topological polar surface area (TPSA) is 85.7 Å². The Morgan fingerprint density at radius 2 is 1.45 bits per heavy atom. The fourth-order valence-electron chi connectivity index (χ4n) is 7.88. The van der Waals surface area contributed by atoms with E-state index in [0.29, 0.717) is 70.8 Å². The van der Waals surface area contributed by atoms with Crippen molar-refractivity contribution in [2.45, 2.75) is 40.0 Å². The molecule has 1 fully saturated rings. The summed E-state index contributed by atoms with van der Waals surface area (Å²) in [7, 11) is 7.20. The van der Waals surface area contributed by atoms with Crippen LogP contribution < -0.4 is 19.1 Å². The second-order valence-corrected chi connectivity index (χ2v) is 16.1. The molecule has 2 aliphatic heterocycles. The maximum Gasteiger partial charge on any atom is 0.260 e. The fourth-order valence-corrected chi connectivity index (χ4v) is 8.12. The molecule has 11 heteroatoms. The number of morpholine rings is 1. The van der Waals surface area contributed by atoms with Gasteiger partial charge in [-0.1, -0.05) is 78.3 Å². The number of halogens is 1. The Balaban J connectivity index is 0.000000752. The van der Waals surface area contributed by atoms with Crippen LogP contribution in [0.3, 0.4) is 0 Å². The average Bonchev–Trinajstić information content (AvgIpc) is 3.60. The summed E-state index contributed by atoms with van der Waals surface area (Å²) in [6, 6.07) is 37.0. The molecule has 1 aromatic heterocycles. The molecule has 5 aromatic carbocycles. The van der Waals surface area contributed by atoms with Crippen molar-refractivity contribution >= 4 is 29.1 Å². The van der Waals surface area contributed by atoms with Crippen LogP contribution >= 0.6 is 11.6 Å². The second-order valence-electron chi connectivity index (χ2n) is 15.7. The van der Waals surface area contributed by atoms with E-state index in [4.69, 9.17) is 30.5 Å². The normalized spacial score (nSPS) is 13.7. The van der Waals surface area contributed by atoms with E-state index in [0.717, 1.165) is 66.4 Å². The highest BCUT2D eigenvalue weighted by atomic mass is 35.5. The number of carbonyl (C=O) groups excluding carboxylic acids is 2. The summed E-state index contributed by atoms with van der Waals surface area (Å²) in [5.41, 5.74) is 9.06. The monoisotopic (exact) mass is 854 g/mol. The van der Waals surface area contributed by atoms with E-state index in [1.807, 2.05) is 121 Å². The zero-order chi connectivity index (χ0) is 43.8. The molecule has 0 unspecified atom stereocenters. The lowest BCUT2D eigenvalue weighted by Crippen LogP contribution is -2.36. The van der Waals surface area contributed by atoms with Gasteiger partial charge >= 0.3 is 0 Å². The third kappa shape index (κ3) is 10.00. The van der Waals surface area contributed by atoms with Crippen LogP contribution in [0.5, 0.6) is 17.2 Å². The predicted molar refractivity (Wildman–Crippen MR) is 246 cm³/mol. The molecular weight excluding hydrogens is 800 g/mol. The molecule has 0 atom stereocenters. The summed E-state index contributed by atoms with van der Waals surface area (Å²) in [5.74, 6) is 1.53. The van der Waals surface area contributed by atoms with Crippen LogP contribution in [0.2, 0.25) is 5.02 Å². The zero-order valence-electron chi connectivity index (χ0n) is 36.4. The first-order valence-electron chi connectivity index (χ1n) is 20.9. The highest BCUT2D eigenvalue weighted by molar-refractivity contribution is 6.32. The molecule has 62 heavy (non-hydrogen) atoms. The number of hydrogen-bond acceptors (Lipinski definition) is 7. The summed E-state index contributed by atoms with van der Waals surface area (Å²) in [5, 5.41) is 0.370. The maximum atomic E-state index is 14.9. The highest BCUT2D eigenvalue weighted by Gasteiger charge is 2.29.